The zero-order chi connectivity index (χ0) is 15.2. The van der Waals surface area contributed by atoms with Crippen molar-refractivity contribution in [3.8, 4) is 17.2 Å². The first-order chi connectivity index (χ1) is 10.1. The highest BCUT2D eigenvalue weighted by atomic mass is 79.9. The molecular weight excluding hydrogens is 332 g/mol. The van der Waals surface area contributed by atoms with Crippen LogP contribution >= 0.6 is 15.9 Å². The summed E-state index contributed by atoms with van der Waals surface area (Å²) in [7, 11) is 1.64. The van der Waals surface area contributed by atoms with E-state index in [4.69, 9.17) is 14.2 Å². The maximum atomic E-state index is 5.79. The van der Waals surface area contributed by atoms with E-state index in [1.54, 1.807) is 7.11 Å². The van der Waals surface area contributed by atoms with Crippen LogP contribution in [0.3, 0.4) is 0 Å². The van der Waals surface area contributed by atoms with Crippen LogP contribution in [-0.2, 0) is 0 Å². The number of benzene rings is 2. The first kappa shape index (κ1) is 15.7. The second kappa shape index (κ2) is 7.36. The summed E-state index contributed by atoms with van der Waals surface area (Å²) in [6.45, 7) is 5.09. The number of hydrogen-bond donors (Lipinski definition) is 0. The molecule has 0 saturated carbocycles. The molecule has 0 fully saturated rings. The topological polar surface area (TPSA) is 27.7 Å². The highest BCUT2D eigenvalue weighted by Gasteiger charge is 2.06. The molecule has 3 nitrogen and oxygen atoms in total. The molecule has 0 unspecified atom stereocenters. The lowest BCUT2D eigenvalue weighted by atomic mass is 10.1. The van der Waals surface area contributed by atoms with Gasteiger partial charge in [0.1, 0.15) is 30.5 Å². The van der Waals surface area contributed by atoms with Crippen LogP contribution in [-0.4, -0.2) is 20.3 Å². The van der Waals surface area contributed by atoms with Crippen LogP contribution in [0, 0.1) is 13.8 Å². The van der Waals surface area contributed by atoms with Gasteiger partial charge in [-0.3, -0.25) is 0 Å². The third-order valence-electron chi connectivity index (χ3n) is 3.03. The van der Waals surface area contributed by atoms with Gasteiger partial charge < -0.3 is 14.2 Å². The predicted molar refractivity (Wildman–Crippen MR) is 87.6 cm³/mol. The molecular formula is C17H19BrO3. The Labute approximate surface area is 134 Å². The molecule has 112 valence electrons. The SMILES string of the molecule is COc1ccc(OCCOc2c(C)cc(C)cc2Br)cc1. The summed E-state index contributed by atoms with van der Waals surface area (Å²) in [5.41, 5.74) is 2.33. The summed E-state index contributed by atoms with van der Waals surface area (Å²) in [5, 5.41) is 0. The quantitative estimate of drug-likeness (QED) is 0.716. The molecule has 2 aromatic carbocycles. The summed E-state index contributed by atoms with van der Waals surface area (Å²) in [6, 6.07) is 11.7. The van der Waals surface area contributed by atoms with Gasteiger partial charge in [0, 0.05) is 0 Å². The van der Waals surface area contributed by atoms with Crippen molar-refractivity contribution in [1.29, 1.82) is 0 Å². The van der Waals surface area contributed by atoms with Gasteiger partial charge >= 0.3 is 0 Å². The maximum absolute atomic E-state index is 5.79. The van der Waals surface area contributed by atoms with Gasteiger partial charge in [-0.1, -0.05) is 6.07 Å². The van der Waals surface area contributed by atoms with Crippen molar-refractivity contribution in [2.24, 2.45) is 0 Å². The molecule has 0 radical (unpaired) electrons. The number of ether oxygens (including phenoxy) is 3. The summed E-state index contributed by atoms with van der Waals surface area (Å²) in [5.74, 6) is 2.50. The van der Waals surface area contributed by atoms with Crippen molar-refractivity contribution in [1.82, 2.24) is 0 Å². The fraction of sp³-hybridized carbons (Fsp3) is 0.294. The highest BCUT2D eigenvalue weighted by molar-refractivity contribution is 9.10. The average Bonchev–Trinajstić information content (AvgIpc) is 2.46. The average molecular weight is 351 g/mol. The number of methoxy groups -OCH3 is 1. The van der Waals surface area contributed by atoms with Gasteiger partial charge in [0.2, 0.25) is 0 Å². The van der Waals surface area contributed by atoms with Crippen molar-refractivity contribution >= 4 is 15.9 Å². The van der Waals surface area contributed by atoms with Gasteiger partial charge in [0.25, 0.3) is 0 Å². The number of rotatable bonds is 6. The number of halogens is 1. The van der Waals surface area contributed by atoms with Gasteiger partial charge in [-0.2, -0.15) is 0 Å². The molecule has 0 atom stereocenters. The Morgan fingerprint density at radius 1 is 0.905 bits per heavy atom. The Morgan fingerprint density at radius 3 is 2.14 bits per heavy atom. The van der Waals surface area contributed by atoms with Crippen LogP contribution in [0.1, 0.15) is 11.1 Å². The molecule has 0 aliphatic carbocycles. The molecule has 0 aliphatic rings. The second-order valence-electron chi connectivity index (χ2n) is 4.77. The summed E-state index contributed by atoms with van der Waals surface area (Å²) >= 11 is 3.53. The smallest absolute Gasteiger partial charge is 0.136 e. The standard InChI is InChI=1S/C17H19BrO3/c1-12-10-13(2)17(16(18)11-12)21-9-8-20-15-6-4-14(19-3)5-7-15/h4-7,10-11H,8-9H2,1-3H3. The predicted octanol–water partition coefficient (Wildman–Crippen LogP) is 4.53. The third kappa shape index (κ3) is 4.39. The first-order valence-electron chi connectivity index (χ1n) is 6.76. The van der Waals surface area contributed by atoms with E-state index < -0.39 is 0 Å². The Kier molecular flexibility index (Phi) is 5.51. The molecule has 2 rings (SSSR count). The van der Waals surface area contributed by atoms with Crippen molar-refractivity contribution in [2.75, 3.05) is 20.3 Å². The molecule has 0 spiro atoms. The molecule has 0 heterocycles. The van der Waals surface area contributed by atoms with Gasteiger partial charge in [0.15, 0.2) is 0 Å². The van der Waals surface area contributed by atoms with E-state index in [1.807, 2.05) is 37.3 Å². The molecule has 21 heavy (non-hydrogen) atoms. The Morgan fingerprint density at radius 2 is 1.52 bits per heavy atom. The van der Waals surface area contributed by atoms with E-state index in [1.165, 1.54) is 5.56 Å². The third-order valence-corrected chi connectivity index (χ3v) is 3.62. The van der Waals surface area contributed by atoms with E-state index in [2.05, 4.69) is 28.9 Å². The van der Waals surface area contributed by atoms with Crippen molar-refractivity contribution in [3.63, 3.8) is 0 Å². The minimum atomic E-state index is 0.492. The number of hydrogen-bond acceptors (Lipinski definition) is 3. The van der Waals surface area contributed by atoms with E-state index >= 15 is 0 Å². The van der Waals surface area contributed by atoms with Gasteiger partial charge in [-0.15, -0.1) is 0 Å². The molecule has 0 bridgehead atoms. The zero-order valence-corrected chi connectivity index (χ0v) is 14.1. The maximum Gasteiger partial charge on any atom is 0.136 e. The fourth-order valence-electron chi connectivity index (χ4n) is 2.06. The molecule has 0 aliphatic heterocycles. The zero-order valence-electron chi connectivity index (χ0n) is 12.5. The summed E-state index contributed by atoms with van der Waals surface area (Å²) < 4.78 is 17.5. The van der Waals surface area contributed by atoms with E-state index in [0.29, 0.717) is 13.2 Å². The van der Waals surface area contributed by atoms with Gasteiger partial charge in [-0.25, -0.2) is 0 Å². The van der Waals surface area contributed by atoms with Crippen molar-refractivity contribution in [2.45, 2.75) is 13.8 Å². The minimum Gasteiger partial charge on any atom is -0.497 e. The lowest BCUT2D eigenvalue weighted by Crippen LogP contribution is -2.10. The van der Waals surface area contributed by atoms with E-state index in [9.17, 15) is 0 Å². The Hall–Kier alpha value is -1.68. The van der Waals surface area contributed by atoms with Crippen LogP contribution in [0.15, 0.2) is 40.9 Å². The lowest BCUT2D eigenvalue weighted by molar-refractivity contribution is 0.215. The van der Waals surface area contributed by atoms with Gasteiger partial charge in [-0.05, 0) is 71.2 Å². The largest absolute Gasteiger partial charge is 0.497 e. The highest BCUT2D eigenvalue weighted by Crippen LogP contribution is 2.30. The van der Waals surface area contributed by atoms with Gasteiger partial charge in [0.05, 0.1) is 11.6 Å². The first-order valence-corrected chi connectivity index (χ1v) is 7.56. The minimum absolute atomic E-state index is 0.492. The molecule has 4 heteroatoms. The summed E-state index contributed by atoms with van der Waals surface area (Å²) in [6.07, 6.45) is 0. The molecule has 0 amide bonds. The lowest BCUT2D eigenvalue weighted by Gasteiger charge is -2.13. The van der Waals surface area contributed by atoms with E-state index in [0.717, 1.165) is 27.3 Å². The molecule has 0 saturated heterocycles. The Balaban J connectivity index is 1.84. The van der Waals surface area contributed by atoms with Crippen LogP contribution in [0.4, 0.5) is 0 Å². The molecule has 0 N–H and O–H groups in total. The van der Waals surface area contributed by atoms with Crippen molar-refractivity contribution in [3.05, 3.63) is 52.0 Å². The number of aryl methyl sites for hydroxylation is 2. The second-order valence-corrected chi connectivity index (χ2v) is 5.62. The molecule has 0 aromatic heterocycles. The van der Waals surface area contributed by atoms with E-state index in [-0.39, 0.29) is 0 Å². The Bertz CT molecular complexity index is 570. The van der Waals surface area contributed by atoms with Crippen LogP contribution in [0.25, 0.3) is 0 Å². The summed E-state index contributed by atoms with van der Waals surface area (Å²) in [4.78, 5) is 0. The monoisotopic (exact) mass is 350 g/mol. The fourth-order valence-corrected chi connectivity index (χ4v) is 2.85. The van der Waals surface area contributed by atoms with Crippen LogP contribution in [0.2, 0.25) is 0 Å². The molecule has 2 aromatic rings. The van der Waals surface area contributed by atoms with Crippen LogP contribution < -0.4 is 14.2 Å². The van der Waals surface area contributed by atoms with Crippen LogP contribution in [0.5, 0.6) is 17.2 Å². The normalized spacial score (nSPS) is 10.3. The van der Waals surface area contributed by atoms with Crippen molar-refractivity contribution < 1.29 is 14.2 Å².